The Kier molecular flexibility index (Phi) is 17.7. The largest absolute Gasteiger partial charge is 0.481 e. The summed E-state index contributed by atoms with van der Waals surface area (Å²) >= 11 is 0. The number of nitrogens with two attached hydrogens (primary N) is 4. The van der Waals surface area contributed by atoms with E-state index in [1.165, 1.54) is 5.56 Å². The van der Waals surface area contributed by atoms with Crippen LogP contribution in [-0.2, 0) is 34.9 Å². The molecule has 346 valence electrons. The van der Waals surface area contributed by atoms with Crippen molar-refractivity contribution in [2.75, 3.05) is 19.6 Å². The number of benzene rings is 2. The van der Waals surface area contributed by atoms with Crippen LogP contribution in [0.1, 0.15) is 115 Å². The number of hydrogen-bond donors (Lipinski definition) is 9. The predicted octanol–water partition coefficient (Wildman–Crippen LogP) is 2.15. The number of carbonyl (C=O) groups is 5. The molecule has 17 heteroatoms. The van der Waals surface area contributed by atoms with E-state index >= 15 is 0 Å². The topological polar surface area (TPSA) is 268 Å². The van der Waals surface area contributed by atoms with E-state index in [1.807, 2.05) is 19.1 Å². The van der Waals surface area contributed by atoms with Gasteiger partial charge in [0.15, 0.2) is 6.17 Å². The first-order valence-corrected chi connectivity index (χ1v) is 23.0. The van der Waals surface area contributed by atoms with Crippen LogP contribution in [0.15, 0.2) is 48.5 Å². The monoisotopic (exact) mass is 874 g/mol. The highest BCUT2D eigenvalue weighted by molar-refractivity contribution is 6.47. The van der Waals surface area contributed by atoms with Crippen LogP contribution in [0.25, 0.3) is 11.1 Å². The van der Waals surface area contributed by atoms with Crippen LogP contribution in [0.5, 0.6) is 0 Å². The minimum atomic E-state index is -1.57. The molecule has 1 saturated heterocycles. The number of unbranched alkanes of at least 4 members (excludes halogenated alkanes) is 3. The van der Waals surface area contributed by atoms with Gasteiger partial charge in [-0.15, -0.1) is 0 Å². The van der Waals surface area contributed by atoms with E-state index in [0.29, 0.717) is 56.2 Å². The number of hydrogen-bond acceptors (Lipinski definition) is 11. The van der Waals surface area contributed by atoms with Crippen LogP contribution < -0.4 is 49.5 Å². The van der Waals surface area contributed by atoms with E-state index in [0.717, 1.165) is 43.2 Å². The number of carbonyl (C=O) groups excluding carboxylic acids is 5. The molecule has 0 radical (unpaired) electrons. The quantitative estimate of drug-likeness (QED) is 0.0419. The molecule has 5 amide bonds. The van der Waals surface area contributed by atoms with Crippen molar-refractivity contribution in [2.45, 2.75) is 147 Å². The maximum atomic E-state index is 13.7. The zero-order chi connectivity index (χ0) is 45.9. The maximum absolute atomic E-state index is 13.7. The summed E-state index contributed by atoms with van der Waals surface area (Å²) < 4.78 is 12.9. The van der Waals surface area contributed by atoms with Gasteiger partial charge in [0.1, 0.15) is 18.1 Å². The van der Waals surface area contributed by atoms with E-state index in [1.54, 1.807) is 12.1 Å². The molecule has 1 aliphatic heterocycles. The molecule has 3 saturated carbocycles. The summed E-state index contributed by atoms with van der Waals surface area (Å²) in [5.74, 6) is -2.77. The van der Waals surface area contributed by atoms with Crippen LogP contribution in [0.4, 0.5) is 0 Å². The van der Waals surface area contributed by atoms with E-state index in [-0.39, 0.29) is 30.9 Å². The SMILES string of the molecule is CCCCc1ccc(-c2ccc(C(=O)N[C@@H](CN)C(=O)NC(CCCCN)C(=O)N[C@@H](N)C(=O)NC(CCCCN)C(=O)N[C@@H](C)B3OC4C[C@@H]5C[C@@H](C5(C)C)[C@]4(C)O3)cc2)cc1. The molecule has 9 atom stereocenters. The summed E-state index contributed by atoms with van der Waals surface area (Å²) in [6.07, 6.45) is 6.32. The summed E-state index contributed by atoms with van der Waals surface area (Å²) in [4.78, 5) is 67.6. The van der Waals surface area contributed by atoms with Crippen LogP contribution in [-0.4, -0.2) is 98.2 Å². The molecule has 3 aliphatic carbocycles. The molecule has 3 unspecified atom stereocenters. The Labute approximate surface area is 373 Å². The van der Waals surface area contributed by atoms with Gasteiger partial charge >= 0.3 is 7.12 Å². The Hall–Kier alpha value is -4.39. The average Bonchev–Trinajstić information content (AvgIpc) is 3.64. The number of nitrogens with one attached hydrogen (secondary N) is 5. The van der Waals surface area contributed by atoms with Crippen LogP contribution in [0, 0.1) is 17.3 Å². The first kappa shape index (κ1) is 49.6. The summed E-state index contributed by atoms with van der Waals surface area (Å²) in [5, 5.41) is 13.5. The van der Waals surface area contributed by atoms with Crippen molar-refractivity contribution in [2.24, 2.45) is 40.2 Å². The predicted molar refractivity (Wildman–Crippen MR) is 244 cm³/mol. The van der Waals surface area contributed by atoms with Crippen molar-refractivity contribution in [3.8, 4) is 11.1 Å². The van der Waals surface area contributed by atoms with Gasteiger partial charge in [-0.05, 0) is 137 Å². The molecular formula is C46H72BN9O7. The lowest BCUT2D eigenvalue weighted by Crippen LogP contribution is -2.65. The molecule has 13 N–H and O–H groups in total. The van der Waals surface area contributed by atoms with Crippen LogP contribution in [0.2, 0.25) is 0 Å². The fourth-order valence-electron chi connectivity index (χ4n) is 9.42. The van der Waals surface area contributed by atoms with Crippen molar-refractivity contribution in [3.63, 3.8) is 0 Å². The summed E-state index contributed by atoms with van der Waals surface area (Å²) in [6.45, 7) is 11.2. The molecule has 4 aliphatic rings. The third-order valence-corrected chi connectivity index (χ3v) is 13.6. The van der Waals surface area contributed by atoms with Gasteiger partial charge in [0.05, 0.1) is 17.6 Å². The molecule has 1 heterocycles. The first-order chi connectivity index (χ1) is 30.1. The van der Waals surface area contributed by atoms with Gasteiger partial charge < -0.3 is 58.8 Å². The second-order valence-corrected chi connectivity index (χ2v) is 18.5. The zero-order valence-corrected chi connectivity index (χ0v) is 37.9. The second kappa shape index (κ2) is 22.5. The van der Waals surface area contributed by atoms with E-state index in [4.69, 9.17) is 32.2 Å². The minimum Gasteiger partial charge on any atom is -0.404 e. The molecule has 63 heavy (non-hydrogen) atoms. The number of rotatable bonds is 24. The summed E-state index contributed by atoms with van der Waals surface area (Å²) in [5.41, 5.74) is 26.9. The molecule has 16 nitrogen and oxygen atoms in total. The maximum Gasteiger partial charge on any atom is 0.481 e. The lowest BCUT2D eigenvalue weighted by atomic mass is 9.43. The van der Waals surface area contributed by atoms with Gasteiger partial charge in [0.2, 0.25) is 17.7 Å². The Morgan fingerprint density at radius 1 is 0.714 bits per heavy atom. The molecule has 2 aromatic carbocycles. The molecule has 4 fully saturated rings. The summed E-state index contributed by atoms with van der Waals surface area (Å²) in [6, 6.07) is 12.1. The molecule has 6 rings (SSSR count). The first-order valence-electron chi connectivity index (χ1n) is 23.0. The van der Waals surface area contributed by atoms with Gasteiger partial charge in [-0.1, -0.05) is 63.6 Å². The smallest absolute Gasteiger partial charge is 0.404 e. The molecule has 0 spiro atoms. The molecular weight excluding hydrogens is 801 g/mol. The highest BCUT2D eigenvalue weighted by atomic mass is 16.7. The molecule has 2 aromatic rings. The number of amides is 5. The van der Waals surface area contributed by atoms with Gasteiger partial charge in [0.25, 0.3) is 11.8 Å². The standard InChI is InChI=1S/C46H72BN9O7/c1-6-7-12-29-15-17-30(18-16-29)31-19-21-32(22-20-31)40(57)55-36(27-50)43(60)53-35(14-9-11-24-49)42(59)56-39(51)44(61)54-34(13-8-10-23-48)41(58)52-28(2)47-62-38-26-33-25-37(45(33,3)4)46(38,5)63-47/h15-22,28,33-39H,6-14,23-27,48-51H2,1-5H3,(H,52,58)(H,53,60)(H,54,61)(H,55,57)(H,56,59)/t28-,33-,34?,35?,36-,37-,38?,39+,46-/m0/s1. The Balaban J connectivity index is 1.15. The fraction of sp³-hybridized carbons (Fsp3) is 0.630. The van der Waals surface area contributed by atoms with Crippen molar-refractivity contribution in [1.29, 1.82) is 0 Å². The molecule has 2 bridgehead atoms. The van der Waals surface area contributed by atoms with E-state index < -0.39 is 72.5 Å². The zero-order valence-electron chi connectivity index (χ0n) is 37.9. The lowest BCUT2D eigenvalue weighted by Gasteiger charge is -2.64. The average molecular weight is 874 g/mol. The van der Waals surface area contributed by atoms with Gasteiger partial charge in [0, 0.05) is 12.1 Å². The normalized spacial score (nSPS) is 23.2. The van der Waals surface area contributed by atoms with E-state index in [2.05, 4.69) is 78.5 Å². The van der Waals surface area contributed by atoms with Crippen molar-refractivity contribution in [3.05, 3.63) is 59.7 Å². The second-order valence-electron chi connectivity index (χ2n) is 18.5. The fourth-order valence-corrected chi connectivity index (χ4v) is 9.42. The highest BCUT2D eigenvalue weighted by Gasteiger charge is 2.68. The van der Waals surface area contributed by atoms with Crippen molar-refractivity contribution < 1.29 is 33.3 Å². The lowest BCUT2D eigenvalue weighted by molar-refractivity contribution is -0.199. The number of aryl methyl sites for hydroxylation is 1. The Bertz CT molecular complexity index is 1870. The highest BCUT2D eigenvalue weighted by Crippen LogP contribution is 2.65. The summed E-state index contributed by atoms with van der Waals surface area (Å²) in [7, 11) is -0.657. The minimum absolute atomic E-state index is 0.0586. The van der Waals surface area contributed by atoms with Crippen LogP contribution >= 0.6 is 0 Å². The van der Waals surface area contributed by atoms with Crippen molar-refractivity contribution >= 4 is 36.7 Å². The van der Waals surface area contributed by atoms with Gasteiger partial charge in [-0.2, -0.15) is 0 Å². The van der Waals surface area contributed by atoms with Crippen molar-refractivity contribution in [1.82, 2.24) is 26.6 Å². The van der Waals surface area contributed by atoms with Gasteiger partial charge in [-0.3, -0.25) is 24.0 Å². The Morgan fingerprint density at radius 2 is 1.27 bits per heavy atom. The van der Waals surface area contributed by atoms with E-state index in [9.17, 15) is 24.0 Å². The van der Waals surface area contributed by atoms with Crippen LogP contribution in [0.3, 0.4) is 0 Å². The third kappa shape index (κ3) is 12.2. The Morgan fingerprint density at radius 3 is 1.83 bits per heavy atom. The van der Waals surface area contributed by atoms with Gasteiger partial charge in [-0.25, -0.2) is 0 Å². The third-order valence-electron chi connectivity index (χ3n) is 13.6. The molecule has 0 aromatic heterocycles.